The smallest absolute Gasteiger partial charge is 0.264 e. The van der Waals surface area contributed by atoms with Crippen LogP contribution in [0.5, 0.6) is 0 Å². The Hall–Kier alpha value is -1.46. The first-order chi connectivity index (χ1) is 9.20. The van der Waals surface area contributed by atoms with Crippen molar-refractivity contribution in [1.82, 2.24) is 4.90 Å². The predicted molar refractivity (Wildman–Crippen MR) is 72.9 cm³/mol. The lowest BCUT2D eigenvalue weighted by Gasteiger charge is -2.22. The maximum absolute atomic E-state index is 13.6. The van der Waals surface area contributed by atoms with Crippen molar-refractivity contribution in [2.24, 2.45) is 0 Å². The van der Waals surface area contributed by atoms with Gasteiger partial charge in [0.05, 0.1) is 17.5 Å². The van der Waals surface area contributed by atoms with Crippen LogP contribution in [0, 0.1) is 5.82 Å². The number of likely N-dealkylation sites (tertiary alicyclic amines) is 1. The molecule has 5 heteroatoms. The van der Waals surface area contributed by atoms with Crippen LogP contribution in [0.25, 0.3) is 10.1 Å². The predicted octanol–water partition coefficient (Wildman–Crippen LogP) is 2.64. The van der Waals surface area contributed by atoms with Crippen molar-refractivity contribution in [3.05, 3.63) is 35.0 Å². The topological polar surface area (TPSA) is 40.5 Å². The standard InChI is InChI=1S/C14H14FNO2S/c15-11-4-1-5-12-10(11)7-13(19-12)14(18)16-6-2-3-9(16)8-17/h1,4-5,7,9,17H,2-3,6,8H2/t9-/m0/s1. The van der Waals surface area contributed by atoms with Gasteiger partial charge in [-0.2, -0.15) is 0 Å². The minimum absolute atomic E-state index is 0.00893. The maximum atomic E-state index is 13.6. The zero-order valence-electron chi connectivity index (χ0n) is 10.3. The second-order valence-electron chi connectivity index (χ2n) is 4.74. The molecule has 0 bridgehead atoms. The summed E-state index contributed by atoms with van der Waals surface area (Å²) in [7, 11) is 0. The van der Waals surface area contributed by atoms with Gasteiger partial charge in [0.15, 0.2) is 0 Å². The van der Waals surface area contributed by atoms with E-state index in [1.165, 1.54) is 17.4 Å². The molecule has 3 nitrogen and oxygen atoms in total. The first kappa shape index (κ1) is 12.6. The largest absolute Gasteiger partial charge is 0.394 e. The lowest BCUT2D eigenvalue weighted by atomic mass is 10.2. The van der Waals surface area contributed by atoms with Crippen molar-refractivity contribution >= 4 is 27.3 Å². The number of amides is 1. The molecule has 100 valence electrons. The molecule has 0 aliphatic carbocycles. The zero-order valence-corrected chi connectivity index (χ0v) is 11.1. The molecule has 1 fully saturated rings. The minimum Gasteiger partial charge on any atom is -0.394 e. The van der Waals surface area contributed by atoms with Crippen molar-refractivity contribution in [1.29, 1.82) is 0 Å². The fourth-order valence-electron chi connectivity index (χ4n) is 2.57. The summed E-state index contributed by atoms with van der Waals surface area (Å²) >= 11 is 1.31. The van der Waals surface area contributed by atoms with Crippen LogP contribution in [0.2, 0.25) is 0 Å². The fourth-order valence-corrected chi connectivity index (χ4v) is 3.60. The Morgan fingerprint density at radius 1 is 1.53 bits per heavy atom. The minimum atomic E-state index is -0.298. The van der Waals surface area contributed by atoms with Crippen LogP contribution in [0.3, 0.4) is 0 Å². The highest BCUT2D eigenvalue weighted by molar-refractivity contribution is 7.20. The summed E-state index contributed by atoms with van der Waals surface area (Å²) in [6.07, 6.45) is 1.75. The van der Waals surface area contributed by atoms with Gasteiger partial charge in [-0.25, -0.2) is 4.39 Å². The summed E-state index contributed by atoms with van der Waals surface area (Å²) in [5, 5.41) is 9.76. The highest BCUT2D eigenvalue weighted by atomic mass is 32.1. The SMILES string of the molecule is O=C(c1cc2c(F)cccc2s1)N1CCC[C@H]1CO. The second kappa shape index (κ2) is 4.90. The van der Waals surface area contributed by atoms with Gasteiger partial charge in [-0.05, 0) is 31.0 Å². The molecule has 1 saturated heterocycles. The molecule has 1 aliphatic rings. The van der Waals surface area contributed by atoms with Crippen LogP contribution in [-0.2, 0) is 0 Å². The van der Waals surface area contributed by atoms with Crippen LogP contribution in [0.1, 0.15) is 22.5 Å². The first-order valence-corrected chi connectivity index (χ1v) is 7.12. The summed E-state index contributed by atoms with van der Waals surface area (Å²) in [5.74, 6) is -0.398. The lowest BCUT2D eigenvalue weighted by Crippen LogP contribution is -2.37. The third-order valence-corrected chi connectivity index (χ3v) is 4.66. The molecule has 2 heterocycles. The van der Waals surface area contributed by atoms with Crippen molar-refractivity contribution < 1.29 is 14.3 Å². The van der Waals surface area contributed by atoms with Crippen LogP contribution < -0.4 is 0 Å². The van der Waals surface area contributed by atoms with E-state index >= 15 is 0 Å². The second-order valence-corrected chi connectivity index (χ2v) is 5.82. The summed E-state index contributed by atoms with van der Waals surface area (Å²) in [6, 6.07) is 6.38. The van der Waals surface area contributed by atoms with E-state index in [0.717, 1.165) is 17.5 Å². The molecule has 0 radical (unpaired) electrons. The van der Waals surface area contributed by atoms with E-state index < -0.39 is 0 Å². The van der Waals surface area contributed by atoms with Crippen LogP contribution >= 0.6 is 11.3 Å². The zero-order chi connectivity index (χ0) is 13.4. The van der Waals surface area contributed by atoms with Gasteiger partial charge < -0.3 is 10.0 Å². The lowest BCUT2D eigenvalue weighted by molar-refractivity contribution is 0.0682. The maximum Gasteiger partial charge on any atom is 0.264 e. The molecule has 19 heavy (non-hydrogen) atoms. The van der Waals surface area contributed by atoms with Gasteiger partial charge in [0.25, 0.3) is 5.91 Å². The monoisotopic (exact) mass is 279 g/mol. The molecular weight excluding hydrogens is 265 g/mol. The molecule has 2 aromatic rings. The Kier molecular flexibility index (Phi) is 3.24. The molecule has 1 aromatic heterocycles. The average molecular weight is 279 g/mol. The summed E-state index contributed by atoms with van der Waals surface area (Å²) in [6.45, 7) is 0.659. The van der Waals surface area contributed by atoms with Crippen molar-refractivity contribution in [3.8, 4) is 0 Å². The Morgan fingerprint density at radius 2 is 2.37 bits per heavy atom. The Morgan fingerprint density at radius 3 is 3.11 bits per heavy atom. The third-order valence-electron chi connectivity index (χ3n) is 3.57. The van der Waals surface area contributed by atoms with Gasteiger partial charge >= 0.3 is 0 Å². The highest BCUT2D eigenvalue weighted by Crippen LogP contribution is 2.30. The molecular formula is C14H14FNO2S. The van der Waals surface area contributed by atoms with Crippen molar-refractivity contribution in [2.45, 2.75) is 18.9 Å². The number of hydrogen-bond acceptors (Lipinski definition) is 3. The van der Waals surface area contributed by atoms with E-state index in [2.05, 4.69) is 0 Å². The molecule has 0 spiro atoms. The molecule has 1 atom stereocenters. The number of hydrogen-bond donors (Lipinski definition) is 1. The molecule has 1 amide bonds. The third kappa shape index (κ3) is 2.13. The van der Waals surface area contributed by atoms with Crippen molar-refractivity contribution in [3.63, 3.8) is 0 Å². The van der Waals surface area contributed by atoms with Gasteiger partial charge in [-0.3, -0.25) is 4.79 Å². The number of aliphatic hydroxyl groups excluding tert-OH is 1. The summed E-state index contributed by atoms with van der Waals surface area (Å²) in [4.78, 5) is 14.6. The van der Waals surface area contributed by atoms with Gasteiger partial charge in [-0.1, -0.05) is 6.07 Å². The van der Waals surface area contributed by atoms with E-state index in [0.29, 0.717) is 16.8 Å². The number of benzene rings is 1. The quantitative estimate of drug-likeness (QED) is 0.918. The Bertz CT molecular complexity index is 625. The number of halogens is 1. The number of rotatable bonds is 2. The highest BCUT2D eigenvalue weighted by Gasteiger charge is 2.29. The van der Waals surface area contributed by atoms with Crippen LogP contribution in [0.15, 0.2) is 24.3 Å². The average Bonchev–Trinajstić information content (AvgIpc) is 3.04. The summed E-state index contributed by atoms with van der Waals surface area (Å²) < 4.78 is 14.4. The number of thiophene rings is 1. The van der Waals surface area contributed by atoms with Gasteiger partial charge in [0, 0.05) is 16.6 Å². The molecule has 0 saturated carbocycles. The normalized spacial score (nSPS) is 19.3. The molecule has 1 N–H and O–H groups in total. The Labute approximate surface area is 114 Å². The number of nitrogens with zero attached hydrogens (tertiary/aromatic N) is 1. The fraction of sp³-hybridized carbons (Fsp3) is 0.357. The van der Waals surface area contributed by atoms with Gasteiger partial charge in [0.1, 0.15) is 5.82 Å². The van der Waals surface area contributed by atoms with Crippen molar-refractivity contribution in [2.75, 3.05) is 13.2 Å². The molecule has 1 aromatic carbocycles. The van der Waals surface area contributed by atoms with Gasteiger partial charge in [-0.15, -0.1) is 11.3 Å². The van der Waals surface area contributed by atoms with Gasteiger partial charge in [0.2, 0.25) is 0 Å². The number of aliphatic hydroxyl groups is 1. The first-order valence-electron chi connectivity index (χ1n) is 6.30. The molecule has 1 aliphatic heterocycles. The number of carbonyl (C=O) groups is 1. The molecule has 3 rings (SSSR count). The van der Waals surface area contributed by atoms with Crippen LogP contribution in [0.4, 0.5) is 4.39 Å². The number of fused-ring (bicyclic) bond motifs is 1. The van der Waals surface area contributed by atoms with E-state index in [1.54, 1.807) is 17.0 Å². The summed E-state index contributed by atoms with van der Waals surface area (Å²) in [5.41, 5.74) is 0. The van der Waals surface area contributed by atoms with E-state index in [1.807, 2.05) is 6.07 Å². The number of carbonyl (C=O) groups excluding carboxylic acids is 1. The van der Waals surface area contributed by atoms with E-state index in [-0.39, 0.29) is 24.4 Å². The van der Waals surface area contributed by atoms with Crippen LogP contribution in [-0.4, -0.2) is 35.1 Å². The Balaban J connectivity index is 1.95. The van der Waals surface area contributed by atoms with E-state index in [4.69, 9.17) is 0 Å². The molecule has 0 unspecified atom stereocenters. The van der Waals surface area contributed by atoms with E-state index in [9.17, 15) is 14.3 Å².